The summed E-state index contributed by atoms with van der Waals surface area (Å²) in [7, 11) is 5.01. The van der Waals surface area contributed by atoms with Gasteiger partial charge in [0.1, 0.15) is 35.7 Å². The van der Waals surface area contributed by atoms with E-state index in [9.17, 15) is 14.4 Å². The van der Waals surface area contributed by atoms with Gasteiger partial charge in [-0.25, -0.2) is 19.7 Å². The molecule has 0 saturated heterocycles. The molecule has 2 amide bonds. The lowest BCUT2D eigenvalue weighted by molar-refractivity contribution is -0.120. The van der Waals surface area contributed by atoms with E-state index in [0.29, 0.717) is 28.2 Å². The van der Waals surface area contributed by atoms with Crippen molar-refractivity contribution in [3.8, 4) is 23.1 Å². The van der Waals surface area contributed by atoms with E-state index in [0.717, 1.165) is 5.69 Å². The van der Waals surface area contributed by atoms with Crippen molar-refractivity contribution in [2.75, 3.05) is 43.9 Å². The normalized spacial score (nSPS) is 11.9. The molecule has 4 N–H and O–H groups in total. The summed E-state index contributed by atoms with van der Waals surface area (Å²) in [5.74, 6) is 6.07. The molecule has 272 valence electrons. The van der Waals surface area contributed by atoms with E-state index in [1.54, 1.807) is 71.9 Å². The molecule has 14 nitrogen and oxygen atoms in total. The molecule has 0 aliphatic rings. The first kappa shape index (κ1) is 40.0. The van der Waals surface area contributed by atoms with Crippen LogP contribution in [-0.2, 0) is 14.3 Å². The number of nitrogens with one attached hydrogen (secondary N) is 4. The summed E-state index contributed by atoms with van der Waals surface area (Å²) in [6.07, 6.45) is 0.574. The van der Waals surface area contributed by atoms with Gasteiger partial charge in [-0.2, -0.15) is 5.01 Å². The quantitative estimate of drug-likeness (QED) is 0.0634. The highest BCUT2D eigenvalue weighted by molar-refractivity contribution is 6.04. The third-order valence-corrected chi connectivity index (χ3v) is 7.16. The highest BCUT2D eigenvalue weighted by Crippen LogP contribution is 2.30. The molecular weight excluding hydrogens is 650 g/mol. The third-order valence-electron chi connectivity index (χ3n) is 7.16. The number of nitrogens with zero attached hydrogens (tertiary/aromatic N) is 5. The van der Waals surface area contributed by atoms with Crippen molar-refractivity contribution in [3.63, 3.8) is 0 Å². The smallest absolute Gasteiger partial charge is 0.410 e. The molecule has 2 heterocycles. The highest BCUT2D eigenvalue weighted by Gasteiger charge is 2.28. The number of rotatable bonds is 11. The fraction of sp³-hybridized carbons (Fsp3) is 0.432. The Kier molecular flexibility index (Phi) is 13.0. The van der Waals surface area contributed by atoms with Crippen molar-refractivity contribution in [3.05, 3.63) is 58.5 Å². The first-order chi connectivity index (χ1) is 23.7. The number of pyridine rings is 1. The molecule has 2 aromatic heterocycles. The monoisotopic (exact) mass is 699 g/mol. The minimum Gasteiger partial charge on any atom is -0.444 e. The van der Waals surface area contributed by atoms with Gasteiger partial charge in [0.15, 0.2) is 11.6 Å². The summed E-state index contributed by atoms with van der Waals surface area (Å²) in [6.45, 7) is 15.9. The Hall–Kier alpha value is -5.39. The fourth-order valence-corrected chi connectivity index (χ4v) is 4.52. The molecule has 14 heteroatoms. The first-order valence-electron chi connectivity index (χ1n) is 16.4. The molecule has 0 radical (unpaired) electrons. The fourth-order valence-electron chi connectivity index (χ4n) is 4.52. The van der Waals surface area contributed by atoms with E-state index in [1.165, 1.54) is 25.1 Å². The van der Waals surface area contributed by atoms with Crippen LogP contribution in [0.25, 0.3) is 11.3 Å². The molecule has 51 heavy (non-hydrogen) atoms. The predicted molar refractivity (Wildman–Crippen MR) is 199 cm³/mol. The maximum Gasteiger partial charge on any atom is 0.410 e. The first-order valence-corrected chi connectivity index (χ1v) is 16.4. The maximum absolute atomic E-state index is 13.5. The summed E-state index contributed by atoms with van der Waals surface area (Å²) in [5, 5.41) is 15.3. The Morgan fingerprint density at radius 2 is 1.69 bits per heavy atom. The number of benzene rings is 1. The molecule has 1 unspecified atom stereocenters. The van der Waals surface area contributed by atoms with Crippen molar-refractivity contribution >= 4 is 41.3 Å². The second-order valence-electron chi connectivity index (χ2n) is 13.9. The van der Waals surface area contributed by atoms with Gasteiger partial charge in [0.05, 0.1) is 16.9 Å². The molecule has 1 aromatic carbocycles. The van der Waals surface area contributed by atoms with Crippen LogP contribution >= 0.6 is 0 Å². The second kappa shape index (κ2) is 16.5. The molecule has 0 aliphatic carbocycles. The van der Waals surface area contributed by atoms with Crippen molar-refractivity contribution in [2.45, 2.75) is 79.6 Å². The molecule has 3 rings (SSSR count). The van der Waals surface area contributed by atoms with Crippen molar-refractivity contribution in [2.24, 2.45) is 0 Å². The summed E-state index contributed by atoms with van der Waals surface area (Å²) < 4.78 is 11.3. The van der Waals surface area contributed by atoms with Crippen LogP contribution in [0.1, 0.15) is 88.4 Å². The van der Waals surface area contributed by atoms with E-state index in [1.807, 2.05) is 32.9 Å². The van der Waals surface area contributed by atoms with Crippen LogP contribution in [0.15, 0.2) is 30.3 Å². The lowest BCUT2D eigenvalue weighted by atomic mass is 10.0. The molecule has 0 aliphatic heterocycles. The number of ketones is 1. The third kappa shape index (κ3) is 11.6. The lowest BCUT2D eigenvalue weighted by Gasteiger charge is -2.28. The van der Waals surface area contributed by atoms with Gasteiger partial charge < -0.3 is 30.9 Å². The minimum atomic E-state index is -0.930. The van der Waals surface area contributed by atoms with Crippen molar-refractivity contribution in [1.82, 2.24) is 24.9 Å². The van der Waals surface area contributed by atoms with E-state index in [-0.39, 0.29) is 35.4 Å². The maximum atomic E-state index is 13.5. The van der Waals surface area contributed by atoms with Gasteiger partial charge in [-0.1, -0.05) is 5.92 Å². The van der Waals surface area contributed by atoms with Crippen LogP contribution in [0.2, 0.25) is 0 Å². The van der Waals surface area contributed by atoms with Crippen LogP contribution in [-0.4, -0.2) is 94.0 Å². The number of hydrogen-bond donors (Lipinski definition) is 4. The van der Waals surface area contributed by atoms with Crippen LogP contribution in [0.4, 0.5) is 22.1 Å². The van der Waals surface area contributed by atoms with Gasteiger partial charge in [-0.05, 0) is 98.6 Å². The number of carbonyl (C=O) groups is 3. The Bertz CT molecular complexity index is 1850. The van der Waals surface area contributed by atoms with E-state index in [2.05, 4.69) is 42.9 Å². The van der Waals surface area contributed by atoms with E-state index >= 15 is 0 Å². The number of hydrogen-bond acceptors (Lipinski definition) is 12. The van der Waals surface area contributed by atoms with E-state index < -0.39 is 29.2 Å². The van der Waals surface area contributed by atoms with Gasteiger partial charge in [0, 0.05) is 49.7 Å². The standard InChI is InChI=1S/C37H49N9O5/c1-22(46(12)35(49)51-37(7,8)9)34(48)43-30-19-26(18-28(42-30)15-13-25-14-16-29(39-10)27(17-25)20-38)32-31(23(2)47)33(41-24(3)40-32)44-45(11)21-50-36(4,5)6/h14,16-20,22,38-39H,21H2,1-12H3,(H,40,41,44)(H,42,43,48). The van der Waals surface area contributed by atoms with Crippen LogP contribution in [0.5, 0.6) is 0 Å². The zero-order valence-electron chi connectivity index (χ0n) is 31.5. The van der Waals surface area contributed by atoms with Crippen LogP contribution in [0, 0.1) is 24.2 Å². The molecule has 0 fully saturated rings. The summed E-state index contributed by atoms with van der Waals surface area (Å²) >= 11 is 0. The number of carbonyl (C=O) groups excluding carboxylic acids is 3. The Balaban J connectivity index is 2.15. The number of likely N-dealkylation sites (N-methyl/N-ethyl adjacent to an activating group) is 1. The largest absolute Gasteiger partial charge is 0.444 e. The zero-order chi connectivity index (χ0) is 38.3. The average molecular weight is 700 g/mol. The number of aromatic nitrogens is 3. The number of aryl methyl sites for hydroxylation is 1. The van der Waals surface area contributed by atoms with Gasteiger partial charge in [0.25, 0.3) is 0 Å². The highest BCUT2D eigenvalue weighted by atomic mass is 16.6. The Morgan fingerprint density at radius 1 is 1.00 bits per heavy atom. The van der Waals surface area contributed by atoms with Crippen LogP contribution < -0.4 is 16.1 Å². The van der Waals surface area contributed by atoms with Crippen LogP contribution in [0.3, 0.4) is 0 Å². The second-order valence-corrected chi connectivity index (χ2v) is 13.9. The van der Waals surface area contributed by atoms with Crippen molar-refractivity contribution in [1.29, 1.82) is 5.41 Å². The summed E-state index contributed by atoms with van der Waals surface area (Å²) in [5.41, 5.74) is 5.29. The number of ether oxygens (including phenoxy) is 2. The summed E-state index contributed by atoms with van der Waals surface area (Å²) in [4.78, 5) is 54.3. The van der Waals surface area contributed by atoms with Gasteiger partial charge >= 0.3 is 6.09 Å². The molecule has 0 saturated carbocycles. The predicted octanol–water partition coefficient (Wildman–Crippen LogP) is 5.71. The molecule has 1 atom stereocenters. The molecule has 3 aromatic rings. The topological polar surface area (TPSA) is 175 Å². The number of amides is 2. The van der Waals surface area contributed by atoms with Gasteiger partial charge in [-0.15, -0.1) is 0 Å². The molecule has 0 spiro atoms. The number of hydrazine groups is 1. The molecule has 0 bridgehead atoms. The van der Waals surface area contributed by atoms with Crippen molar-refractivity contribution < 1.29 is 23.9 Å². The SMILES string of the molecule is CNc1ccc(C#Cc2cc(-c3nc(C)nc(NN(C)COC(C)(C)C)c3C(C)=O)cc(NC(=O)C(C)N(C)C(=O)OC(C)(C)C)n2)cc1C=N. The molecular formula is C37H49N9O5. The average Bonchev–Trinajstić information content (AvgIpc) is 3.03. The number of Topliss-reactive ketones (excluding diaryl/α,β-unsaturated/α-hetero) is 1. The number of anilines is 3. The summed E-state index contributed by atoms with van der Waals surface area (Å²) in [6, 6.07) is 7.73. The van der Waals surface area contributed by atoms with Gasteiger partial charge in [-0.3, -0.25) is 14.5 Å². The van der Waals surface area contributed by atoms with E-state index in [4.69, 9.17) is 14.9 Å². The Morgan fingerprint density at radius 3 is 2.27 bits per heavy atom. The minimum absolute atomic E-state index is 0.118. The lowest BCUT2D eigenvalue weighted by Crippen LogP contribution is -2.45. The Labute approximate surface area is 300 Å². The van der Waals surface area contributed by atoms with Gasteiger partial charge in [0.2, 0.25) is 5.91 Å². The zero-order valence-corrected chi connectivity index (χ0v) is 31.5.